The normalized spacial score (nSPS) is 28.1. The van der Waals surface area contributed by atoms with E-state index < -0.39 is 98.8 Å². The van der Waals surface area contributed by atoms with Crippen molar-refractivity contribution in [1.82, 2.24) is 0 Å². The van der Waals surface area contributed by atoms with Crippen LogP contribution in [0.15, 0.2) is 94.8 Å². The minimum absolute atomic E-state index is 0.0294. The van der Waals surface area contributed by atoms with Crippen molar-refractivity contribution in [1.29, 1.82) is 0 Å². The van der Waals surface area contributed by atoms with Gasteiger partial charge >= 0.3 is 41.8 Å². The zero-order chi connectivity index (χ0) is 45.3. The Bertz CT molecular complexity index is 2090. The molecule has 1 atom stereocenters. The van der Waals surface area contributed by atoms with E-state index in [9.17, 15) is 48.6 Å². The average Bonchev–Trinajstić information content (AvgIpc) is 3.18. The third kappa shape index (κ3) is 11.3. The fourth-order valence-corrected chi connectivity index (χ4v) is 7.23. The summed E-state index contributed by atoms with van der Waals surface area (Å²) in [5, 5.41) is 25.7. The number of esters is 7. The van der Waals surface area contributed by atoms with E-state index in [1.165, 1.54) is 56.4 Å². The Morgan fingerprint density at radius 3 is 1.50 bits per heavy atom. The van der Waals surface area contributed by atoms with Gasteiger partial charge in [-0.1, -0.05) is 42.5 Å². The van der Waals surface area contributed by atoms with Gasteiger partial charge in [-0.3, -0.25) is 14.4 Å². The molecule has 0 amide bonds. The molecule has 62 heavy (non-hydrogen) atoms. The van der Waals surface area contributed by atoms with Crippen LogP contribution in [0.1, 0.15) is 91.9 Å². The molecule has 2 saturated heterocycles. The molecular formula is C44H46O18-2. The minimum Gasteiger partial charge on any atom is -0.875 e. The lowest BCUT2D eigenvalue weighted by atomic mass is 9.63. The van der Waals surface area contributed by atoms with E-state index in [4.69, 9.17) is 37.9 Å². The van der Waals surface area contributed by atoms with Crippen LogP contribution in [0.3, 0.4) is 0 Å². The highest BCUT2D eigenvalue weighted by atomic mass is 16.8. The molecule has 5 rings (SSSR count). The number of ether oxygens (including phenoxy) is 8. The molecule has 5 aliphatic rings. The lowest BCUT2D eigenvalue weighted by Gasteiger charge is -2.48. The quantitative estimate of drug-likeness (QED) is 0.0800. The summed E-state index contributed by atoms with van der Waals surface area (Å²) in [4.78, 5) is 99.9. The number of hydrogen-bond acceptors (Lipinski definition) is 18. The van der Waals surface area contributed by atoms with Gasteiger partial charge in [0.2, 0.25) is 0 Å². The van der Waals surface area contributed by atoms with Crippen LogP contribution in [0.4, 0.5) is 0 Å². The lowest BCUT2D eigenvalue weighted by molar-refractivity contribution is -0.396. The van der Waals surface area contributed by atoms with E-state index in [0.29, 0.717) is 0 Å². The van der Waals surface area contributed by atoms with E-state index in [1.807, 2.05) is 0 Å². The molecule has 3 heterocycles. The zero-order valence-corrected chi connectivity index (χ0v) is 34.6. The molecule has 332 valence electrons. The van der Waals surface area contributed by atoms with Crippen LogP contribution in [0.2, 0.25) is 0 Å². The number of Topliss-reactive ketones (excluding diaryl/α,β-unsaturated/α-hetero) is 1. The summed E-state index contributed by atoms with van der Waals surface area (Å²) < 4.78 is 41.8. The van der Waals surface area contributed by atoms with Gasteiger partial charge in [0.15, 0.2) is 11.6 Å². The van der Waals surface area contributed by atoms with Crippen LogP contribution >= 0.6 is 0 Å². The number of carbonyl (C=O) groups excluding carboxylic acids is 8. The van der Waals surface area contributed by atoms with Gasteiger partial charge in [0.25, 0.3) is 11.6 Å². The van der Waals surface area contributed by atoms with Crippen molar-refractivity contribution in [2.45, 2.75) is 109 Å². The third-order valence-corrected chi connectivity index (χ3v) is 10.5. The summed E-state index contributed by atoms with van der Waals surface area (Å²) in [5.41, 5.74) is -1.99. The van der Waals surface area contributed by atoms with Gasteiger partial charge < -0.3 is 48.1 Å². The first kappa shape index (κ1) is 46.3. The minimum atomic E-state index is -1.65. The molecule has 3 aliphatic heterocycles. The predicted octanol–water partition coefficient (Wildman–Crippen LogP) is 2.76. The number of carbonyl (C=O) groups is 8. The Balaban J connectivity index is 1.11. The Morgan fingerprint density at radius 1 is 0.581 bits per heavy atom. The molecule has 18 heteroatoms. The molecule has 0 aromatic heterocycles. The molecule has 1 saturated carbocycles. The van der Waals surface area contributed by atoms with Crippen molar-refractivity contribution in [3.63, 3.8) is 0 Å². The maximum atomic E-state index is 13.2. The summed E-state index contributed by atoms with van der Waals surface area (Å²) in [6, 6.07) is 0. The molecule has 2 spiro atoms. The highest BCUT2D eigenvalue weighted by Gasteiger charge is 2.52. The highest BCUT2D eigenvalue weighted by Crippen LogP contribution is 2.52. The van der Waals surface area contributed by atoms with Gasteiger partial charge in [0.1, 0.15) is 11.1 Å². The molecule has 0 bridgehead atoms. The first-order chi connectivity index (χ1) is 29.3. The standard InChI is InChI=1S/C44H48O18/c1-5-55-33(47)17-19-41(3)57-35(49)28(36(50)58-41)14-10-7-9-13-27-31(45)25-43(26-32(27)46)21-23-44(24-22-43)61-39(53)30(40(54)62-44)16-12-8-11-15-29-37(51)59-42(4,60-38(29)52)20-18-34(48)56-6-2/h7-16,45,51H,5-6,17-26H2,1-4H3/p-2/b10-7+,12-8+,13-9+,15-11+,28-14?,30-16?. The van der Waals surface area contributed by atoms with Crippen molar-refractivity contribution in [2.24, 2.45) is 5.41 Å². The molecular weight excluding hydrogens is 816 g/mol. The van der Waals surface area contributed by atoms with E-state index >= 15 is 0 Å². The Hall–Kier alpha value is -6.72. The number of hydrogen-bond donors (Lipinski definition) is 0. The van der Waals surface area contributed by atoms with Gasteiger partial charge in [-0.2, -0.15) is 0 Å². The first-order valence-corrected chi connectivity index (χ1v) is 20.0. The Kier molecular flexibility index (Phi) is 14.5. The van der Waals surface area contributed by atoms with Gasteiger partial charge in [-0.15, -0.1) is 5.76 Å². The largest absolute Gasteiger partial charge is 0.875 e. The fraction of sp³-hybridized carbons (Fsp3) is 0.455. The molecule has 0 aromatic carbocycles. The van der Waals surface area contributed by atoms with Crippen molar-refractivity contribution in [3.8, 4) is 0 Å². The Morgan fingerprint density at radius 2 is 1.03 bits per heavy atom. The summed E-state index contributed by atoms with van der Waals surface area (Å²) in [5.74, 6) is -12.4. The second-order valence-electron chi connectivity index (χ2n) is 15.3. The van der Waals surface area contributed by atoms with Crippen molar-refractivity contribution < 1.29 is 86.5 Å². The predicted molar refractivity (Wildman–Crippen MR) is 205 cm³/mol. The van der Waals surface area contributed by atoms with Crippen LogP contribution in [0.25, 0.3) is 0 Å². The number of ketones is 1. The molecule has 3 fully saturated rings. The highest BCUT2D eigenvalue weighted by molar-refractivity contribution is 6.16. The van der Waals surface area contributed by atoms with E-state index in [1.54, 1.807) is 13.8 Å². The topological polar surface area (TPSA) is 257 Å². The number of allylic oxidation sites excluding steroid dienone is 11. The monoisotopic (exact) mass is 862 g/mol. The van der Waals surface area contributed by atoms with E-state index in [-0.39, 0.29) is 83.0 Å². The molecule has 0 radical (unpaired) electrons. The lowest BCUT2D eigenvalue weighted by Crippen LogP contribution is -2.51. The maximum absolute atomic E-state index is 13.2. The van der Waals surface area contributed by atoms with Crippen LogP contribution < -0.4 is 10.2 Å². The van der Waals surface area contributed by atoms with Gasteiger partial charge in [-0.25, -0.2) is 24.0 Å². The summed E-state index contributed by atoms with van der Waals surface area (Å²) in [6.07, 6.45) is 13.0. The molecule has 2 aliphatic carbocycles. The van der Waals surface area contributed by atoms with E-state index in [2.05, 4.69) is 0 Å². The number of cyclic esters (lactones) is 3. The second kappa shape index (κ2) is 19.3. The average molecular weight is 863 g/mol. The van der Waals surface area contributed by atoms with Crippen molar-refractivity contribution >= 4 is 47.6 Å². The zero-order valence-electron chi connectivity index (χ0n) is 34.6. The second-order valence-corrected chi connectivity index (χ2v) is 15.3. The van der Waals surface area contributed by atoms with E-state index in [0.717, 1.165) is 18.2 Å². The summed E-state index contributed by atoms with van der Waals surface area (Å²) in [7, 11) is 0. The maximum Gasteiger partial charge on any atom is 0.348 e. The van der Waals surface area contributed by atoms with Crippen molar-refractivity contribution in [2.75, 3.05) is 13.2 Å². The fourth-order valence-electron chi connectivity index (χ4n) is 7.23. The summed E-state index contributed by atoms with van der Waals surface area (Å²) in [6.45, 7) is 6.33. The smallest absolute Gasteiger partial charge is 0.348 e. The molecule has 0 N–H and O–H groups in total. The first-order valence-electron chi connectivity index (χ1n) is 20.0. The summed E-state index contributed by atoms with van der Waals surface area (Å²) >= 11 is 0. The third-order valence-electron chi connectivity index (χ3n) is 10.5. The van der Waals surface area contributed by atoms with Crippen molar-refractivity contribution in [3.05, 3.63) is 94.8 Å². The van der Waals surface area contributed by atoms with Gasteiger partial charge in [-0.05, 0) is 63.7 Å². The molecule has 0 aromatic rings. The van der Waals surface area contributed by atoms with Gasteiger partial charge in [0, 0.05) is 44.6 Å². The molecule has 1 unspecified atom stereocenters. The van der Waals surface area contributed by atoms with Crippen LogP contribution in [0.5, 0.6) is 0 Å². The van der Waals surface area contributed by atoms with Crippen LogP contribution in [-0.2, 0) is 76.3 Å². The van der Waals surface area contributed by atoms with Crippen LogP contribution in [0, 0.1) is 5.41 Å². The van der Waals surface area contributed by atoms with Gasteiger partial charge in [0.05, 0.1) is 37.6 Å². The Labute approximate surface area is 356 Å². The SMILES string of the molecule is CCOC(=O)CCC1(C)OC(=O)C(=C/C=C/C=C/C2=C([O-])CC3(CCC4(CC3)OC(=O)C(=C/C=C/C=C/C3=C([O-])OC(C)(CCC(=O)OCC)OC3=O)C(=O)O4)CC2=O)C(=O)O1. The number of rotatable bonds is 14. The molecule has 18 nitrogen and oxygen atoms in total. The van der Waals surface area contributed by atoms with Crippen LogP contribution in [-0.4, -0.2) is 78.1 Å².